The molecule has 0 N–H and O–H groups in total. The van der Waals surface area contributed by atoms with Gasteiger partial charge in [-0.25, -0.2) is 0 Å². The minimum Gasteiger partial charge on any atom is -0.191 e. The molecule has 1 atom stereocenters. The molecule has 0 radical (unpaired) electrons. The molecule has 0 aromatic heterocycles. The number of rotatable bonds is 0. The van der Waals surface area contributed by atoms with E-state index in [1.807, 2.05) is 0 Å². The molecule has 0 aromatic rings. The molecule has 1 unspecified atom stereocenters. The van der Waals surface area contributed by atoms with Gasteiger partial charge in [0.1, 0.15) is 0 Å². The van der Waals surface area contributed by atoms with E-state index in [-0.39, 0.29) is 0 Å². The first-order valence-electron chi connectivity index (χ1n) is 2.09. The Morgan fingerprint density at radius 2 is 2.50 bits per heavy atom. The Labute approximate surface area is 38.9 Å². The van der Waals surface area contributed by atoms with Gasteiger partial charge in [-0.2, -0.15) is 10.00 Å². The lowest BCUT2D eigenvalue weighted by Crippen LogP contribution is -1.83. The van der Waals surface area contributed by atoms with Crippen LogP contribution in [0.5, 0.6) is 0 Å². The summed E-state index contributed by atoms with van der Waals surface area (Å²) < 4.78 is 0. The summed E-state index contributed by atoms with van der Waals surface area (Å²) in [6.45, 7) is 0.965. The molecule has 0 saturated carbocycles. The van der Waals surface area contributed by atoms with E-state index in [2.05, 4.69) is 10.00 Å². The Morgan fingerprint density at radius 3 is 2.67 bits per heavy atom. The molecule has 0 bridgehead atoms. The molecule has 1 aliphatic rings. The highest BCUT2D eigenvalue weighted by Gasteiger charge is 1.89. The molecule has 0 aliphatic carbocycles. The number of nitrogens with zero attached hydrogens (tertiary/aromatic N) is 2. The van der Waals surface area contributed by atoms with Crippen molar-refractivity contribution in [3.8, 4) is 0 Å². The fraction of sp³-hybridized carbons (Fsp3) is 1.00. The van der Waals surface area contributed by atoms with Gasteiger partial charge in [-0.15, -0.1) is 0 Å². The minimum atomic E-state index is 0.760. The van der Waals surface area contributed by atoms with Gasteiger partial charge in [0.05, 0.1) is 6.54 Å². The van der Waals surface area contributed by atoms with Gasteiger partial charge in [0.15, 0.2) is 0 Å². The Hall–Kier alpha value is 0.0300. The van der Waals surface area contributed by atoms with Gasteiger partial charge >= 0.3 is 0 Å². The first-order valence-corrected chi connectivity index (χ1v) is 3.25. The Balaban J connectivity index is 2.26. The molecule has 1 heterocycles. The number of hydrogen-bond acceptors (Lipinski definition) is 2. The molecule has 1 aliphatic heterocycles. The lowest BCUT2D eigenvalue weighted by Gasteiger charge is -1.96. The SMILES string of the molecule is C1CN=NPC1. The second kappa shape index (κ2) is 2.25. The molecule has 3 heteroatoms. The van der Waals surface area contributed by atoms with Gasteiger partial charge in [-0.1, -0.05) is 0 Å². The van der Waals surface area contributed by atoms with Crippen molar-refractivity contribution in [3.05, 3.63) is 0 Å². The Bertz CT molecular complexity index is 53.8. The monoisotopic (exact) mass is 102 g/mol. The Morgan fingerprint density at radius 1 is 1.50 bits per heavy atom. The second-order valence-electron chi connectivity index (χ2n) is 1.23. The van der Waals surface area contributed by atoms with Gasteiger partial charge in [0, 0.05) is 8.73 Å². The van der Waals surface area contributed by atoms with Crippen LogP contribution in [0.25, 0.3) is 0 Å². The summed E-state index contributed by atoms with van der Waals surface area (Å²) in [6.07, 6.45) is 2.52. The van der Waals surface area contributed by atoms with E-state index in [0.717, 1.165) is 15.3 Å². The molecule has 2 nitrogen and oxygen atoms in total. The first-order chi connectivity index (χ1) is 3.00. The smallest absolute Gasteiger partial charge is 0.0605 e. The molecule has 0 aromatic carbocycles. The van der Waals surface area contributed by atoms with Gasteiger partial charge in [-0.3, -0.25) is 0 Å². The maximum Gasteiger partial charge on any atom is 0.0605 e. The van der Waals surface area contributed by atoms with Crippen molar-refractivity contribution < 1.29 is 0 Å². The average Bonchev–Trinajstić information content (AvgIpc) is 1.72. The van der Waals surface area contributed by atoms with Crippen LogP contribution in [-0.2, 0) is 0 Å². The van der Waals surface area contributed by atoms with E-state index in [4.69, 9.17) is 0 Å². The van der Waals surface area contributed by atoms with Gasteiger partial charge in [0.2, 0.25) is 0 Å². The zero-order valence-corrected chi connectivity index (χ0v) is 4.52. The standard InChI is InChI=1S/C3H7N2P/c1-2-4-5-6-3-1/h6H,1-3H2. The highest BCUT2D eigenvalue weighted by molar-refractivity contribution is 7.36. The topological polar surface area (TPSA) is 24.7 Å². The highest BCUT2D eigenvalue weighted by atomic mass is 31.1. The summed E-state index contributed by atoms with van der Waals surface area (Å²) in [4.78, 5) is 3.83. The normalized spacial score (nSPS) is 25.3. The third-order valence-corrected chi connectivity index (χ3v) is 1.55. The minimum absolute atomic E-state index is 0.760. The van der Waals surface area contributed by atoms with Crippen LogP contribution in [0.2, 0.25) is 0 Å². The van der Waals surface area contributed by atoms with E-state index >= 15 is 0 Å². The number of hydrogen-bond donors (Lipinski definition) is 0. The van der Waals surface area contributed by atoms with Crippen LogP contribution in [0.1, 0.15) is 6.42 Å². The van der Waals surface area contributed by atoms with E-state index in [1.54, 1.807) is 0 Å². The lowest BCUT2D eigenvalue weighted by molar-refractivity contribution is 0.872. The van der Waals surface area contributed by atoms with Crippen LogP contribution in [-0.4, -0.2) is 12.7 Å². The van der Waals surface area contributed by atoms with E-state index < -0.39 is 0 Å². The van der Waals surface area contributed by atoms with Crippen molar-refractivity contribution in [2.24, 2.45) is 10.00 Å². The second-order valence-corrected chi connectivity index (χ2v) is 2.24. The van der Waals surface area contributed by atoms with Crippen molar-refractivity contribution in [2.45, 2.75) is 6.42 Å². The third-order valence-electron chi connectivity index (χ3n) is 0.688. The van der Waals surface area contributed by atoms with Crippen molar-refractivity contribution >= 4 is 8.73 Å². The first kappa shape index (κ1) is 4.20. The van der Waals surface area contributed by atoms with E-state index in [1.165, 1.54) is 12.6 Å². The van der Waals surface area contributed by atoms with Crippen molar-refractivity contribution in [3.63, 3.8) is 0 Å². The van der Waals surface area contributed by atoms with Gasteiger partial charge in [0.25, 0.3) is 0 Å². The van der Waals surface area contributed by atoms with Crippen LogP contribution in [0, 0.1) is 0 Å². The average molecular weight is 102 g/mol. The van der Waals surface area contributed by atoms with Crippen molar-refractivity contribution in [1.29, 1.82) is 0 Å². The molecule has 0 spiro atoms. The predicted octanol–water partition coefficient (Wildman–Crippen LogP) is 1.44. The molecule has 6 heavy (non-hydrogen) atoms. The Kier molecular flexibility index (Phi) is 1.57. The molecule has 1 rings (SSSR count). The highest BCUT2D eigenvalue weighted by Crippen LogP contribution is 2.17. The van der Waals surface area contributed by atoms with E-state index in [0.29, 0.717) is 0 Å². The summed E-state index contributed by atoms with van der Waals surface area (Å²) in [5.41, 5.74) is 0. The van der Waals surface area contributed by atoms with Crippen molar-refractivity contribution in [1.82, 2.24) is 0 Å². The third kappa shape index (κ3) is 1.02. The van der Waals surface area contributed by atoms with Crippen LogP contribution >= 0.6 is 8.73 Å². The maximum absolute atomic E-state index is 3.83. The van der Waals surface area contributed by atoms with Crippen LogP contribution < -0.4 is 0 Å². The summed E-state index contributed by atoms with van der Waals surface area (Å²) in [7, 11) is 0.760. The summed E-state index contributed by atoms with van der Waals surface area (Å²) in [6, 6.07) is 0. The van der Waals surface area contributed by atoms with Crippen LogP contribution in [0.4, 0.5) is 0 Å². The molecule has 0 saturated heterocycles. The van der Waals surface area contributed by atoms with E-state index in [9.17, 15) is 0 Å². The maximum atomic E-state index is 3.83. The molecule has 34 valence electrons. The summed E-state index contributed by atoms with van der Waals surface area (Å²) in [5.74, 6) is 0. The quantitative estimate of drug-likeness (QED) is 0.413. The lowest BCUT2D eigenvalue weighted by atomic mass is 10.5. The molecule has 0 fully saturated rings. The van der Waals surface area contributed by atoms with Crippen LogP contribution in [0.15, 0.2) is 10.00 Å². The molecular formula is C3H7N2P. The fourth-order valence-corrected chi connectivity index (χ4v) is 0.995. The van der Waals surface area contributed by atoms with Gasteiger partial charge in [-0.05, 0) is 12.6 Å². The van der Waals surface area contributed by atoms with Crippen molar-refractivity contribution in [2.75, 3.05) is 12.7 Å². The predicted molar refractivity (Wildman–Crippen MR) is 27.5 cm³/mol. The molecular weight excluding hydrogens is 95.0 g/mol. The summed E-state index contributed by atoms with van der Waals surface area (Å²) in [5, 5.41) is 3.81. The zero-order valence-electron chi connectivity index (χ0n) is 3.52. The molecule has 0 amide bonds. The fourth-order valence-electron chi connectivity index (χ4n) is 0.379. The zero-order chi connectivity index (χ0) is 4.24. The largest absolute Gasteiger partial charge is 0.191 e. The summed E-state index contributed by atoms with van der Waals surface area (Å²) >= 11 is 0. The van der Waals surface area contributed by atoms with Gasteiger partial charge < -0.3 is 0 Å². The van der Waals surface area contributed by atoms with Crippen LogP contribution in [0.3, 0.4) is 0 Å².